The van der Waals surface area contributed by atoms with E-state index in [9.17, 15) is 9.59 Å². The molecule has 2 N–H and O–H groups in total. The second kappa shape index (κ2) is 12.8. The van der Waals surface area contributed by atoms with E-state index >= 15 is 0 Å². The molecule has 37 heavy (non-hydrogen) atoms. The zero-order valence-corrected chi connectivity index (χ0v) is 21.3. The number of methoxy groups -OCH3 is 4. The van der Waals surface area contributed by atoms with Gasteiger partial charge in [-0.15, -0.1) is 0 Å². The third-order valence-corrected chi connectivity index (χ3v) is 5.16. The molecule has 0 unspecified atom stereocenters. The van der Waals surface area contributed by atoms with Gasteiger partial charge in [-0.3, -0.25) is 4.79 Å². The third kappa shape index (κ3) is 7.14. The monoisotopic (exact) mass is 507 g/mol. The lowest BCUT2D eigenvalue weighted by Crippen LogP contribution is -2.25. The first-order valence-electron chi connectivity index (χ1n) is 11.2. The van der Waals surface area contributed by atoms with E-state index in [4.69, 9.17) is 23.7 Å². The molecular formula is C27H29N3O7. The summed E-state index contributed by atoms with van der Waals surface area (Å²) in [6.45, 7) is 2.04. The van der Waals surface area contributed by atoms with Gasteiger partial charge in [-0.25, -0.2) is 10.2 Å². The number of aryl methyl sites for hydroxylation is 1. The van der Waals surface area contributed by atoms with E-state index in [-0.39, 0.29) is 23.8 Å². The Hall–Kier alpha value is -4.73. The van der Waals surface area contributed by atoms with Crippen molar-refractivity contribution in [3.8, 4) is 28.7 Å². The summed E-state index contributed by atoms with van der Waals surface area (Å²) >= 11 is 0. The Morgan fingerprint density at radius 1 is 0.838 bits per heavy atom. The molecule has 10 nitrogen and oxygen atoms in total. The molecule has 0 aliphatic heterocycles. The van der Waals surface area contributed by atoms with Crippen molar-refractivity contribution >= 4 is 23.8 Å². The molecule has 194 valence electrons. The average Bonchev–Trinajstić information content (AvgIpc) is 2.91. The number of anilines is 1. The van der Waals surface area contributed by atoms with Gasteiger partial charge in [-0.1, -0.05) is 12.1 Å². The predicted molar refractivity (Wildman–Crippen MR) is 139 cm³/mol. The van der Waals surface area contributed by atoms with Crippen molar-refractivity contribution in [1.82, 2.24) is 5.43 Å². The zero-order valence-electron chi connectivity index (χ0n) is 21.3. The van der Waals surface area contributed by atoms with Gasteiger partial charge in [0.15, 0.2) is 23.0 Å². The maximum absolute atomic E-state index is 12.8. The van der Waals surface area contributed by atoms with Crippen LogP contribution in [0.3, 0.4) is 0 Å². The van der Waals surface area contributed by atoms with Gasteiger partial charge in [0.05, 0.1) is 46.8 Å². The number of hydrogen-bond acceptors (Lipinski definition) is 9. The van der Waals surface area contributed by atoms with Crippen LogP contribution in [0.15, 0.2) is 59.7 Å². The minimum atomic E-state index is -0.646. The zero-order chi connectivity index (χ0) is 26.8. The molecule has 0 aliphatic rings. The van der Waals surface area contributed by atoms with Crippen LogP contribution >= 0.6 is 0 Å². The minimum Gasteiger partial charge on any atom is -0.493 e. The molecule has 0 radical (unpaired) electrons. The Balaban J connectivity index is 1.64. The molecule has 1 amide bonds. The van der Waals surface area contributed by atoms with Gasteiger partial charge in [-0.05, 0) is 60.5 Å². The Morgan fingerprint density at radius 2 is 1.54 bits per heavy atom. The van der Waals surface area contributed by atoms with Gasteiger partial charge in [0.1, 0.15) is 0 Å². The summed E-state index contributed by atoms with van der Waals surface area (Å²) in [6.07, 6.45) is 1.46. The lowest BCUT2D eigenvalue weighted by molar-refractivity contribution is -0.119. The van der Waals surface area contributed by atoms with Crippen molar-refractivity contribution in [3.05, 3.63) is 71.3 Å². The smallest absolute Gasteiger partial charge is 0.343 e. The molecule has 0 fully saturated rings. The van der Waals surface area contributed by atoms with E-state index in [0.29, 0.717) is 28.6 Å². The summed E-state index contributed by atoms with van der Waals surface area (Å²) in [5.74, 6) is 0.558. The van der Waals surface area contributed by atoms with Crippen molar-refractivity contribution in [2.75, 3.05) is 40.3 Å². The fourth-order valence-corrected chi connectivity index (χ4v) is 3.36. The third-order valence-electron chi connectivity index (χ3n) is 5.16. The quantitative estimate of drug-likeness (QED) is 0.174. The Morgan fingerprint density at radius 3 is 2.16 bits per heavy atom. The van der Waals surface area contributed by atoms with Crippen LogP contribution < -0.4 is 34.4 Å². The van der Waals surface area contributed by atoms with Crippen LogP contribution in [-0.4, -0.2) is 53.1 Å². The van der Waals surface area contributed by atoms with Crippen LogP contribution in [0.4, 0.5) is 5.69 Å². The Labute approximate surface area is 215 Å². The molecule has 0 bridgehead atoms. The van der Waals surface area contributed by atoms with Gasteiger partial charge in [0, 0.05) is 5.69 Å². The topological polar surface area (TPSA) is 117 Å². The number of nitrogens with one attached hydrogen (secondary N) is 2. The molecule has 0 aliphatic carbocycles. The standard InChI is InChI=1S/C27H29N3O7/c1-17-7-6-8-20(11-17)28-16-25(31)30-29-15-18-9-10-21(22(12-18)33-2)37-27(32)19-13-23(34-3)26(36-5)24(14-19)35-4/h6-15,28H,16H2,1-5H3,(H,30,31)/b29-15+. The molecule has 10 heteroatoms. The van der Waals surface area contributed by atoms with Crippen LogP contribution in [0, 0.1) is 6.92 Å². The first-order chi connectivity index (χ1) is 17.9. The summed E-state index contributed by atoms with van der Waals surface area (Å²) in [4.78, 5) is 24.9. The largest absolute Gasteiger partial charge is 0.493 e. The fourth-order valence-electron chi connectivity index (χ4n) is 3.36. The lowest BCUT2D eigenvalue weighted by atomic mass is 10.1. The summed E-state index contributed by atoms with van der Waals surface area (Å²) in [7, 11) is 5.84. The summed E-state index contributed by atoms with van der Waals surface area (Å²) in [5, 5.41) is 7.01. The second-order valence-corrected chi connectivity index (χ2v) is 7.73. The van der Waals surface area contributed by atoms with E-state index in [1.807, 2.05) is 31.2 Å². The SMILES string of the molecule is COc1cc(/C=N/NC(=O)CNc2cccc(C)c2)ccc1OC(=O)c1cc(OC)c(OC)c(OC)c1. The highest BCUT2D eigenvalue weighted by atomic mass is 16.6. The van der Waals surface area contributed by atoms with Gasteiger partial charge in [0.2, 0.25) is 5.75 Å². The first-order valence-corrected chi connectivity index (χ1v) is 11.2. The van der Waals surface area contributed by atoms with Gasteiger partial charge in [-0.2, -0.15) is 5.10 Å². The molecule has 0 saturated carbocycles. The number of amides is 1. The van der Waals surface area contributed by atoms with Crippen LogP contribution in [-0.2, 0) is 4.79 Å². The van der Waals surface area contributed by atoms with E-state index in [1.54, 1.807) is 18.2 Å². The molecule has 3 aromatic rings. The average molecular weight is 508 g/mol. The first kappa shape index (κ1) is 26.9. The number of carbonyl (C=O) groups excluding carboxylic acids is 2. The van der Waals surface area contributed by atoms with E-state index in [0.717, 1.165) is 11.3 Å². The molecule has 3 aromatic carbocycles. The molecular weight excluding hydrogens is 478 g/mol. The van der Waals surface area contributed by atoms with Crippen molar-refractivity contribution in [1.29, 1.82) is 0 Å². The van der Waals surface area contributed by atoms with Crippen molar-refractivity contribution in [3.63, 3.8) is 0 Å². The predicted octanol–water partition coefficient (Wildman–Crippen LogP) is 3.81. The molecule has 0 aromatic heterocycles. The number of nitrogens with zero attached hydrogens (tertiary/aromatic N) is 1. The molecule has 0 saturated heterocycles. The van der Waals surface area contributed by atoms with Crippen LogP contribution in [0.1, 0.15) is 21.5 Å². The maximum atomic E-state index is 12.8. The Bertz CT molecular complexity index is 1270. The maximum Gasteiger partial charge on any atom is 0.343 e. The minimum absolute atomic E-state index is 0.0694. The molecule has 3 rings (SSSR count). The molecule has 0 atom stereocenters. The van der Waals surface area contributed by atoms with Crippen molar-refractivity contribution in [2.24, 2.45) is 5.10 Å². The van der Waals surface area contributed by atoms with Gasteiger partial charge < -0.3 is 29.0 Å². The highest BCUT2D eigenvalue weighted by molar-refractivity contribution is 5.93. The number of hydrogen-bond donors (Lipinski definition) is 2. The summed E-state index contributed by atoms with van der Waals surface area (Å²) in [6, 6.07) is 15.6. The van der Waals surface area contributed by atoms with E-state index in [2.05, 4.69) is 15.8 Å². The van der Waals surface area contributed by atoms with Crippen molar-refractivity contribution in [2.45, 2.75) is 6.92 Å². The highest BCUT2D eigenvalue weighted by Gasteiger charge is 2.19. The molecule has 0 spiro atoms. The van der Waals surface area contributed by atoms with Gasteiger partial charge >= 0.3 is 5.97 Å². The number of hydrazone groups is 1. The number of ether oxygens (including phenoxy) is 5. The number of rotatable bonds is 11. The summed E-state index contributed by atoms with van der Waals surface area (Å²) in [5.41, 5.74) is 5.22. The number of esters is 1. The van der Waals surface area contributed by atoms with Crippen LogP contribution in [0.5, 0.6) is 28.7 Å². The highest BCUT2D eigenvalue weighted by Crippen LogP contribution is 2.38. The van der Waals surface area contributed by atoms with Crippen LogP contribution in [0.2, 0.25) is 0 Å². The molecule has 0 heterocycles. The summed E-state index contributed by atoms with van der Waals surface area (Å²) < 4.78 is 26.8. The van der Waals surface area contributed by atoms with Crippen LogP contribution in [0.25, 0.3) is 0 Å². The normalized spacial score (nSPS) is 10.5. The second-order valence-electron chi connectivity index (χ2n) is 7.73. The number of benzene rings is 3. The van der Waals surface area contributed by atoms with Gasteiger partial charge in [0.25, 0.3) is 5.91 Å². The Kier molecular flexibility index (Phi) is 9.31. The van der Waals surface area contributed by atoms with E-state index in [1.165, 1.54) is 46.8 Å². The van der Waals surface area contributed by atoms with E-state index < -0.39 is 5.97 Å². The lowest BCUT2D eigenvalue weighted by Gasteiger charge is -2.14. The van der Waals surface area contributed by atoms with Crippen molar-refractivity contribution < 1.29 is 33.3 Å². The fraction of sp³-hybridized carbons (Fsp3) is 0.222. The number of carbonyl (C=O) groups is 2.